The fourth-order valence-corrected chi connectivity index (χ4v) is 2.72. The van der Waals surface area contributed by atoms with E-state index in [9.17, 15) is 0 Å². The van der Waals surface area contributed by atoms with Gasteiger partial charge in [-0.3, -0.25) is 4.90 Å². The van der Waals surface area contributed by atoms with Crippen molar-refractivity contribution >= 4 is 15.9 Å². The molecule has 6 nitrogen and oxygen atoms in total. The monoisotopic (exact) mass is 366 g/mol. The minimum atomic E-state index is 0.547. The molecule has 2 heterocycles. The quantitative estimate of drug-likeness (QED) is 0.788. The Morgan fingerprint density at radius 2 is 2.09 bits per heavy atom. The van der Waals surface area contributed by atoms with Crippen molar-refractivity contribution in [2.75, 3.05) is 39.4 Å². The van der Waals surface area contributed by atoms with E-state index < -0.39 is 0 Å². The zero-order chi connectivity index (χ0) is 15.2. The van der Waals surface area contributed by atoms with Crippen LogP contribution in [0.15, 0.2) is 33.2 Å². The Morgan fingerprint density at radius 3 is 2.91 bits per heavy atom. The van der Waals surface area contributed by atoms with Gasteiger partial charge in [0.25, 0.3) is 0 Å². The molecule has 0 amide bonds. The van der Waals surface area contributed by atoms with Crippen LogP contribution >= 0.6 is 15.9 Å². The number of rotatable bonds is 6. The SMILES string of the molecule is Brc1cccc(-c2nnc(CNCCN3CCOCC3)o2)c1. The number of nitrogens with zero attached hydrogens (tertiary/aromatic N) is 3. The van der Waals surface area contributed by atoms with Gasteiger partial charge in [0.15, 0.2) is 0 Å². The van der Waals surface area contributed by atoms with E-state index in [1.54, 1.807) is 0 Å². The van der Waals surface area contributed by atoms with Gasteiger partial charge < -0.3 is 14.5 Å². The minimum Gasteiger partial charge on any atom is -0.419 e. The summed E-state index contributed by atoms with van der Waals surface area (Å²) in [6.45, 7) is 6.18. The molecule has 1 N–H and O–H groups in total. The molecule has 0 saturated carbocycles. The first kappa shape index (κ1) is 15.6. The number of morpholine rings is 1. The maximum atomic E-state index is 5.68. The number of halogens is 1. The van der Waals surface area contributed by atoms with Crippen LogP contribution in [0.3, 0.4) is 0 Å². The Balaban J connectivity index is 1.45. The Morgan fingerprint density at radius 1 is 1.23 bits per heavy atom. The fraction of sp³-hybridized carbons (Fsp3) is 0.467. The summed E-state index contributed by atoms with van der Waals surface area (Å²) in [5.74, 6) is 1.16. The number of hydrogen-bond donors (Lipinski definition) is 1. The lowest BCUT2D eigenvalue weighted by atomic mass is 10.2. The number of ether oxygens (including phenoxy) is 1. The highest BCUT2D eigenvalue weighted by atomic mass is 79.9. The maximum Gasteiger partial charge on any atom is 0.247 e. The summed E-state index contributed by atoms with van der Waals surface area (Å²) in [5.41, 5.74) is 0.918. The third-order valence-electron chi connectivity index (χ3n) is 3.52. The highest BCUT2D eigenvalue weighted by Gasteiger charge is 2.11. The first-order chi connectivity index (χ1) is 10.8. The van der Waals surface area contributed by atoms with E-state index in [2.05, 4.69) is 36.3 Å². The molecule has 0 unspecified atom stereocenters. The van der Waals surface area contributed by atoms with Gasteiger partial charge in [0, 0.05) is 36.2 Å². The third-order valence-corrected chi connectivity index (χ3v) is 4.02. The average Bonchev–Trinajstić information content (AvgIpc) is 3.02. The number of hydrogen-bond acceptors (Lipinski definition) is 6. The predicted molar refractivity (Wildman–Crippen MR) is 86.4 cm³/mol. The van der Waals surface area contributed by atoms with Crippen LogP contribution in [0, 0.1) is 0 Å². The molecular weight excluding hydrogens is 348 g/mol. The molecule has 22 heavy (non-hydrogen) atoms. The summed E-state index contributed by atoms with van der Waals surface area (Å²) < 4.78 is 12.0. The average molecular weight is 367 g/mol. The summed E-state index contributed by atoms with van der Waals surface area (Å²) in [6, 6.07) is 7.83. The van der Waals surface area contributed by atoms with E-state index in [0.29, 0.717) is 18.3 Å². The molecule has 1 aliphatic heterocycles. The summed E-state index contributed by atoms with van der Waals surface area (Å²) in [4.78, 5) is 2.39. The highest BCUT2D eigenvalue weighted by molar-refractivity contribution is 9.10. The van der Waals surface area contributed by atoms with Crippen LogP contribution in [0.5, 0.6) is 0 Å². The smallest absolute Gasteiger partial charge is 0.247 e. The Kier molecular flexibility index (Phi) is 5.55. The molecule has 0 aliphatic carbocycles. The second-order valence-electron chi connectivity index (χ2n) is 5.14. The lowest BCUT2D eigenvalue weighted by molar-refractivity contribution is 0.0383. The molecule has 2 aromatic rings. The van der Waals surface area contributed by atoms with Gasteiger partial charge >= 0.3 is 0 Å². The van der Waals surface area contributed by atoms with Crippen LogP contribution in [0.25, 0.3) is 11.5 Å². The van der Waals surface area contributed by atoms with Crippen LogP contribution in [0.2, 0.25) is 0 Å². The van der Waals surface area contributed by atoms with Gasteiger partial charge in [-0.2, -0.15) is 0 Å². The Labute approximate surface area is 138 Å². The van der Waals surface area contributed by atoms with Gasteiger partial charge in [-0.15, -0.1) is 10.2 Å². The Hall–Kier alpha value is -1.28. The van der Waals surface area contributed by atoms with Crippen molar-refractivity contribution in [1.82, 2.24) is 20.4 Å². The van der Waals surface area contributed by atoms with Gasteiger partial charge in [-0.25, -0.2) is 0 Å². The van der Waals surface area contributed by atoms with Crippen molar-refractivity contribution < 1.29 is 9.15 Å². The predicted octanol–water partition coefficient (Wildman–Crippen LogP) is 1.92. The number of nitrogens with one attached hydrogen (secondary N) is 1. The molecule has 0 radical (unpaired) electrons. The van der Waals surface area contributed by atoms with E-state index in [1.807, 2.05) is 24.3 Å². The Bertz CT molecular complexity index is 599. The molecule has 1 saturated heterocycles. The molecule has 1 aliphatic rings. The lowest BCUT2D eigenvalue weighted by Crippen LogP contribution is -2.40. The first-order valence-corrected chi connectivity index (χ1v) is 8.20. The van der Waals surface area contributed by atoms with Gasteiger partial charge in [-0.1, -0.05) is 22.0 Å². The maximum absolute atomic E-state index is 5.68. The van der Waals surface area contributed by atoms with Crippen LogP contribution in [0.4, 0.5) is 0 Å². The van der Waals surface area contributed by atoms with Crippen molar-refractivity contribution in [3.05, 3.63) is 34.6 Å². The zero-order valence-corrected chi connectivity index (χ0v) is 13.9. The number of aromatic nitrogens is 2. The van der Waals surface area contributed by atoms with Crippen molar-refractivity contribution in [3.8, 4) is 11.5 Å². The fourth-order valence-electron chi connectivity index (χ4n) is 2.32. The number of benzene rings is 1. The topological polar surface area (TPSA) is 63.4 Å². The lowest BCUT2D eigenvalue weighted by Gasteiger charge is -2.26. The van der Waals surface area contributed by atoms with Crippen molar-refractivity contribution in [2.24, 2.45) is 0 Å². The summed E-state index contributed by atoms with van der Waals surface area (Å²) >= 11 is 3.44. The van der Waals surface area contributed by atoms with E-state index in [1.165, 1.54) is 0 Å². The van der Waals surface area contributed by atoms with Gasteiger partial charge in [0.05, 0.1) is 19.8 Å². The van der Waals surface area contributed by atoms with Gasteiger partial charge in [0.1, 0.15) is 0 Å². The summed E-state index contributed by atoms with van der Waals surface area (Å²) in [7, 11) is 0. The van der Waals surface area contributed by atoms with Gasteiger partial charge in [-0.05, 0) is 18.2 Å². The molecule has 0 spiro atoms. The molecule has 0 bridgehead atoms. The molecule has 3 rings (SSSR count). The normalized spacial score (nSPS) is 16.0. The molecule has 118 valence electrons. The van der Waals surface area contributed by atoms with E-state index in [0.717, 1.165) is 49.4 Å². The van der Waals surface area contributed by atoms with Crippen LogP contribution in [-0.2, 0) is 11.3 Å². The highest BCUT2D eigenvalue weighted by Crippen LogP contribution is 2.21. The molecule has 1 aromatic carbocycles. The molecule has 7 heteroatoms. The largest absolute Gasteiger partial charge is 0.419 e. The van der Waals surface area contributed by atoms with Gasteiger partial charge in [0.2, 0.25) is 11.8 Å². The second-order valence-corrected chi connectivity index (χ2v) is 6.06. The zero-order valence-electron chi connectivity index (χ0n) is 12.3. The van der Waals surface area contributed by atoms with E-state index in [4.69, 9.17) is 9.15 Å². The minimum absolute atomic E-state index is 0.547. The summed E-state index contributed by atoms with van der Waals surface area (Å²) in [6.07, 6.45) is 0. The van der Waals surface area contributed by atoms with Crippen LogP contribution in [-0.4, -0.2) is 54.5 Å². The second kappa shape index (κ2) is 7.82. The summed E-state index contributed by atoms with van der Waals surface area (Å²) in [5, 5.41) is 11.5. The van der Waals surface area contributed by atoms with E-state index >= 15 is 0 Å². The van der Waals surface area contributed by atoms with Crippen molar-refractivity contribution in [1.29, 1.82) is 0 Å². The molecule has 0 atom stereocenters. The van der Waals surface area contributed by atoms with Crippen molar-refractivity contribution in [3.63, 3.8) is 0 Å². The van der Waals surface area contributed by atoms with E-state index in [-0.39, 0.29) is 0 Å². The van der Waals surface area contributed by atoms with Crippen LogP contribution in [0.1, 0.15) is 5.89 Å². The molecular formula is C15H19BrN4O2. The standard InChI is InChI=1S/C15H19BrN4O2/c16-13-3-1-2-12(10-13)15-19-18-14(22-15)11-17-4-5-20-6-8-21-9-7-20/h1-3,10,17H,4-9,11H2. The van der Waals surface area contributed by atoms with Crippen LogP contribution < -0.4 is 5.32 Å². The third kappa shape index (κ3) is 4.36. The molecule has 1 fully saturated rings. The van der Waals surface area contributed by atoms with Crippen molar-refractivity contribution in [2.45, 2.75) is 6.54 Å². The first-order valence-electron chi connectivity index (χ1n) is 7.40. The molecule has 1 aromatic heterocycles.